The van der Waals surface area contributed by atoms with Gasteiger partial charge < -0.3 is 0 Å². The highest BCUT2D eigenvalue weighted by Crippen LogP contribution is 2.04. The van der Waals surface area contributed by atoms with Crippen molar-refractivity contribution in [3.05, 3.63) is 94.3 Å². The van der Waals surface area contributed by atoms with Crippen LogP contribution in [0.4, 0.5) is 0 Å². The molecule has 0 amide bonds. The number of rotatable bonds is 7. The Kier molecular flexibility index (Phi) is 5.01. The Balaban J connectivity index is 1.36. The first-order valence-electron chi connectivity index (χ1n) is 9.14. The zero-order valence-electron chi connectivity index (χ0n) is 15.3. The summed E-state index contributed by atoms with van der Waals surface area (Å²) in [7, 11) is 0. The summed E-state index contributed by atoms with van der Waals surface area (Å²) in [4.78, 5) is 24.9. The van der Waals surface area contributed by atoms with E-state index in [2.05, 4.69) is 10.2 Å². The van der Waals surface area contributed by atoms with Crippen LogP contribution in [0.1, 0.15) is 12.8 Å². The molecule has 0 radical (unpaired) electrons. The van der Waals surface area contributed by atoms with E-state index in [0.29, 0.717) is 13.1 Å². The lowest BCUT2D eigenvalue weighted by Gasteiger charge is -2.02. The fourth-order valence-corrected chi connectivity index (χ4v) is 3.03. The average molecular weight is 376 g/mol. The molecule has 0 N–H and O–H groups in total. The summed E-state index contributed by atoms with van der Waals surface area (Å²) in [5.41, 5.74) is 1.15. The molecule has 4 aromatic rings. The summed E-state index contributed by atoms with van der Waals surface area (Å²) in [6.07, 6.45) is 4.61. The van der Waals surface area contributed by atoms with Gasteiger partial charge in [0, 0.05) is 13.1 Å². The molecule has 0 saturated heterocycles. The minimum atomic E-state index is -0.166. The van der Waals surface area contributed by atoms with Gasteiger partial charge in [-0.1, -0.05) is 36.4 Å². The van der Waals surface area contributed by atoms with Gasteiger partial charge in [-0.2, -0.15) is 19.6 Å². The molecule has 2 heterocycles. The van der Waals surface area contributed by atoms with Crippen molar-refractivity contribution in [1.82, 2.24) is 28.7 Å². The van der Waals surface area contributed by atoms with Gasteiger partial charge in [-0.15, -0.1) is 0 Å². The molecule has 0 aliphatic rings. The number of nitrogens with zero attached hydrogens (tertiary/aromatic N) is 6. The maximum atomic E-state index is 12.4. The van der Waals surface area contributed by atoms with Gasteiger partial charge in [0.15, 0.2) is 0 Å². The number of aryl methyl sites for hydroxylation is 2. The lowest BCUT2D eigenvalue weighted by molar-refractivity contribution is 0.534. The molecule has 2 aromatic heterocycles. The number of hydrogen-bond acceptors (Lipinski definition) is 4. The van der Waals surface area contributed by atoms with Crippen molar-refractivity contribution in [3.8, 4) is 11.4 Å². The van der Waals surface area contributed by atoms with Gasteiger partial charge in [0.25, 0.3) is 0 Å². The third kappa shape index (κ3) is 3.57. The first-order chi connectivity index (χ1) is 13.7. The Morgan fingerprint density at radius 2 is 1.00 bits per heavy atom. The molecule has 142 valence electrons. The second-order valence-electron chi connectivity index (χ2n) is 6.42. The van der Waals surface area contributed by atoms with Crippen LogP contribution in [0.3, 0.4) is 0 Å². The van der Waals surface area contributed by atoms with E-state index in [1.54, 1.807) is 21.8 Å². The summed E-state index contributed by atoms with van der Waals surface area (Å²) in [6, 6.07) is 18.6. The number of benzene rings is 2. The van der Waals surface area contributed by atoms with Crippen molar-refractivity contribution in [2.24, 2.45) is 0 Å². The Hall–Kier alpha value is -3.68. The molecule has 0 spiro atoms. The number of unbranched alkanes of at least 4 members (excludes halogenated alkanes) is 1. The highest BCUT2D eigenvalue weighted by molar-refractivity contribution is 5.29. The smallest absolute Gasteiger partial charge is 0.281 e. The standard InChI is InChI=1S/C20H20N6O2/c27-19-23(15-21-25(19)17-9-3-1-4-10-17)13-7-8-14-24-16-22-26(20(24)28)18-11-5-2-6-12-18/h1-6,9-12,15-16H,7-8,13-14H2. The van der Waals surface area contributed by atoms with Crippen LogP contribution in [0.5, 0.6) is 0 Å². The maximum Gasteiger partial charge on any atom is 0.350 e. The van der Waals surface area contributed by atoms with Crippen LogP contribution in [-0.4, -0.2) is 28.7 Å². The number of aromatic nitrogens is 6. The third-order valence-corrected chi connectivity index (χ3v) is 4.52. The molecule has 0 atom stereocenters. The van der Waals surface area contributed by atoms with Gasteiger partial charge in [0.05, 0.1) is 11.4 Å². The van der Waals surface area contributed by atoms with Gasteiger partial charge in [0.2, 0.25) is 0 Å². The minimum absolute atomic E-state index is 0.166. The van der Waals surface area contributed by atoms with Crippen molar-refractivity contribution < 1.29 is 0 Å². The topological polar surface area (TPSA) is 79.6 Å². The van der Waals surface area contributed by atoms with E-state index in [0.717, 1.165) is 24.2 Å². The van der Waals surface area contributed by atoms with Gasteiger partial charge in [0.1, 0.15) is 12.7 Å². The van der Waals surface area contributed by atoms with E-state index >= 15 is 0 Å². The van der Waals surface area contributed by atoms with E-state index < -0.39 is 0 Å². The quantitative estimate of drug-likeness (QED) is 0.461. The molecular formula is C20H20N6O2. The van der Waals surface area contributed by atoms with Crippen LogP contribution in [0.25, 0.3) is 11.4 Å². The molecular weight excluding hydrogens is 356 g/mol. The molecule has 28 heavy (non-hydrogen) atoms. The molecule has 0 aliphatic carbocycles. The highest BCUT2D eigenvalue weighted by atomic mass is 16.2. The molecule has 4 rings (SSSR count). The van der Waals surface area contributed by atoms with Crippen LogP contribution in [-0.2, 0) is 13.1 Å². The zero-order valence-corrected chi connectivity index (χ0v) is 15.3. The Bertz CT molecular complexity index is 1060. The van der Waals surface area contributed by atoms with E-state index in [1.165, 1.54) is 9.36 Å². The van der Waals surface area contributed by atoms with Crippen molar-refractivity contribution >= 4 is 0 Å². The van der Waals surface area contributed by atoms with E-state index in [4.69, 9.17) is 0 Å². The molecule has 0 saturated carbocycles. The molecule has 0 bridgehead atoms. The molecule has 0 unspecified atom stereocenters. The Morgan fingerprint density at radius 3 is 1.39 bits per heavy atom. The van der Waals surface area contributed by atoms with E-state index in [9.17, 15) is 9.59 Å². The van der Waals surface area contributed by atoms with Gasteiger partial charge >= 0.3 is 11.4 Å². The van der Waals surface area contributed by atoms with Gasteiger partial charge in [-0.3, -0.25) is 9.13 Å². The fraction of sp³-hybridized carbons (Fsp3) is 0.200. The largest absolute Gasteiger partial charge is 0.350 e. The first-order valence-corrected chi connectivity index (χ1v) is 9.14. The van der Waals surface area contributed by atoms with Crippen LogP contribution in [0.2, 0.25) is 0 Å². The lowest BCUT2D eigenvalue weighted by atomic mass is 10.3. The fourth-order valence-electron chi connectivity index (χ4n) is 3.03. The predicted molar refractivity (Wildman–Crippen MR) is 105 cm³/mol. The van der Waals surface area contributed by atoms with Gasteiger partial charge in [-0.05, 0) is 37.1 Å². The summed E-state index contributed by atoms with van der Waals surface area (Å²) >= 11 is 0. The van der Waals surface area contributed by atoms with Crippen LogP contribution >= 0.6 is 0 Å². The van der Waals surface area contributed by atoms with Crippen molar-refractivity contribution in [3.63, 3.8) is 0 Å². The SMILES string of the molecule is O=c1n(CCCCn2cnn(-c3ccccc3)c2=O)cnn1-c1ccccc1. The number of para-hydroxylation sites is 2. The van der Waals surface area contributed by atoms with E-state index in [-0.39, 0.29) is 11.4 Å². The highest BCUT2D eigenvalue weighted by Gasteiger charge is 2.08. The van der Waals surface area contributed by atoms with E-state index in [1.807, 2.05) is 60.7 Å². The van der Waals surface area contributed by atoms with Gasteiger partial charge in [-0.25, -0.2) is 9.59 Å². The average Bonchev–Trinajstić information content (AvgIpc) is 3.29. The summed E-state index contributed by atoms with van der Waals surface area (Å²) in [5, 5.41) is 8.34. The van der Waals surface area contributed by atoms with Crippen molar-refractivity contribution in [2.75, 3.05) is 0 Å². The molecule has 0 aliphatic heterocycles. The summed E-state index contributed by atoms with van der Waals surface area (Å²) in [6.45, 7) is 1.10. The normalized spacial score (nSPS) is 11.0. The summed E-state index contributed by atoms with van der Waals surface area (Å²) in [5.74, 6) is 0. The third-order valence-electron chi connectivity index (χ3n) is 4.52. The Morgan fingerprint density at radius 1 is 0.607 bits per heavy atom. The second kappa shape index (κ2) is 7.91. The molecule has 0 fully saturated rings. The summed E-state index contributed by atoms with van der Waals surface area (Å²) < 4.78 is 5.94. The first kappa shape index (κ1) is 17.7. The second-order valence-corrected chi connectivity index (χ2v) is 6.42. The maximum absolute atomic E-state index is 12.4. The zero-order chi connectivity index (χ0) is 19.3. The lowest BCUT2D eigenvalue weighted by Crippen LogP contribution is -2.25. The Labute approximate surface area is 160 Å². The molecule has 8 heteroatoms. The molecule has 2 aromatic carbocycles. The van der Waals surface area contributed by atoms with Crippen molar-refractivity contribution in [1.29, 1.82) is 0 Å². The number of hydrogen-bond donors (Lipinski definition) is 0. The van der Waals surface area contributed by atoms with Crippen LogP contribution in [0, 0.1) is 0 Å². The minimum Gasteiger partial charge on any atom is -0.281 e. The molecule has 8 nitrogen and oxygen atoms in total. The predicted octanol–water partition coefficient (Wildman–Crippen LogP) is 1.86. The van der Waals surface area contributed by atoms with Crippen molar-refractivity contribution in [2.45, 2.75) is 25.9 Å². The monoisotopic (exact) mass is 376 g/mol. The van der Waals surface area contributed by atoms with Crippen LogP contribution in [0.15, 0.2) is 82.9 Å². The van der Waals surface area contributed by atoms with Crippen LogP contribution < -0.4 is 11.4 Å².